The van der Waals surface area contributed by atoms with E-state index < -0.39 is 10.0 Å². The van der Waals surface area contributed by atoms with Gasteiger partial charge in [0.05, 0.1) is 6.26 Å². The molecule has 0 radical (unpaired) electrons. The van der Waals surface area contributed by atoms with Crippen molar-refractivity contribution in [2.24, 2.45) is 0 Å². The lowest BCUT2D eigenvalue weighted by Crippen LogP contribution is -2.34. The van der Waals surface area contributed by atoms with Crippen LogP contribution < -0.4 is 10.0 Å². The Morgan fingerprint density at radius 2 is 1.75 bits per heavy atom. The molecule has 5 nitrogen and oxygen atoms in total. The Morgan fingerprint density at radius 1 is 1.05 bits per heavy atom. The molecule has 2 N–H and O–H groups in total. The molecule has 0 spiro atoms. The first-order chi connectivity index (χ1) is 9.47. The number of benzene rings is 2. The molecular formula is C14H16N2O3S. The van der Waals surface area contributed by atoms with Gasteiger partial charge in [-0.25, -0.2) is 13.1 Å². The number of carbonyl (C=O) groups excluding carboxylic acids is 1. The third kappa shape index (κ3) is 3.79. The Balaban J connectivity index is 2.05. The average molecular weight is 292 g/mol. The normalized spacial score (nSPS) is 11.4. The topological polar surface area (TPSA) is 75.3 Å². The van der Waals surface area contributed by atoms with E-state index in [9.17, 15) is 13.2 Å². The van der Waals surface area contributed by atoms with Gasteiger partial charge in [-0.3, -0.25) is 4.79 Å². The lowest BCUT2D eigenvalue weighted by atomic mass is 10.0. The summed E-state index contributed by atoms with van der Waals surface area (Å²) in [6.45, 7) is 0.421. The minimum atomic E-state index is -3.22. The summed E-state index contributed by atoms with van der Waals surface area (Å²) in [5.41, 5.74) is 0.586. The maximum Gasteiger partial charge on any atom is 0.251 e. The Labute approximate surface area is 118 Å². The maximum atomic E-state index is 12.1. The molecule has 0 saturated heterocycles. The summed E-state index contributed by atoms with van der Waals surface area (Å²) in [4.78, 5) is 12.1. The van der Waals surface area contributed by atoms with Gasteiger partial charge in [0.2, 0.25) is 10.0 Å². The molecule has 2 aromatic rings. The Morgan fingerprint density at radius 3 is 2.50 bits per heavy atom. The molecule has 0 bridgehead atoms. The van der Waals surface area contributed by atoms with Gasteiger partial charge in [0.15, 0.2) is 0 Å². The van der Waals surface area contributed by atoms with Crippen LogP contribution in [-0.2, 0) is 10.0 Å². The second-order valence-electron chi connectivity index (χ2n) is 4.45. The van der Waals surface area contributed by atoms with Crippen molar-refractivity contribution in [1.82, 2.24) is 10.0 Å². The molecule has 0 fully saturated rings. The number of hydrogen-bond donors (Lipinski definition) is 2. The van der Waals surface area contributed by atoms with Crippen LogP contribution in [0.1, 0.15) is 10.4 Å². The van der Waals surface area contributed by atoms with E-state index in [1.807, 2.05) is 36.4 Å². The van der Waals surface area contributed by atoms with Crippen molar-refractivity contribution < 1.29 is 13.2 Å². The van der Waals surface area contributed by atoms with Crippen molar-refractivity contribution in [2.75, 3.05) is 19.3 Å². The zero-order valence-electron chi connectivity index (χ0n) is 11.1. The van der Waals surface area contributed by atoms with Crippen molar-refractivity contribution >= 4 is 26.7 Å². The van der Waals surface area contributed by atoms with E-state index in [2.05, 4.69) is 10.0 Å². The molecule has 1 amide bonds. The van der Waals surface area contributed by atoms with Crippen molar-refractivity contribution in [1.29, 1.82) is 0 Å². The minimum Gasteiger partial charge on any atom is -0.351 e. The molecule has 0 saturated carbocycles. The lowest BCUT2D eigenvalue weighted by molar-refractivity contribution is 0.0956. The second kappa shape index (κ2) is 6.02. The van der Waals surface area contributed by atoms with E-state index in [0.717, 1.165) is 17.0 Å². The predicted molar refractivity (Wildman–Crippen MR) is 79.1 cm³/mol. The van der Waals surface area contributed by atoms with Crippen molar-refractivity contribution in [3.63, 3.8) is 0 Å². The molecule has 0 unspecified atom stereocenters. The first-order valence-electron chi connectivity index (χ1n) is 6.18. The standard InChI is InChI=1S/C14H16N2O3S/c1-20(18,19)16-10-9-15-14(17)13-8-4-6-11-5-2-3-7-12(11)13/h2-8,16H,9-10H2,1H3,(H,15,17). The summed E-state index contributed by atoms with van der Waals surface area (Å²) in [5.74, 6) is -0.211. The van der Waals surface area contributed by atoms with Crippen molar-refractivity contribution in [2.45, 2.75) is 0 Å². The summed E-state index contributed by atoms with van der Waals surface area (Å²) in [6.07, 6.45) is 1.08. The highest BCUT2D eigenvalue weighted by molar-refractivity contribution is 7.88. The second-order valence-corrected chi connectivity index (χ2v) is 6.28. The summed E-state index contributed by atoms with van der Waals surface area (Å²) in [6, 6.07) is 13.1. The number of amides is 1. The van der Waals surface area contributed by atoms with Gasteiger partial charge in [0.1, 0.15) is 0 Å². The van der Waals surface area contributed by atoms with E-state index in [1.165, 1.54) is 0 Å². The van der Waals surface area contributed by atoms with Crippen molar-refractivity contribution in [3.05, 3.63) is 48.0 Å². The van der Waals surface area contributed by atoms with Gasteiger partial charge in [-0.1, -0.05) is 36.4 Å². The molecule has 106 valence electrons. The van der Waals surface area contributed by atoms with Crippen LogP contribution in [0.15, 0.2) is 42.5 Å². The number of rotatable bonds is 5. The van der Waals surface area contributed by atoms with Gasteiger partial charge < -0.3 is 5.32 Å². The summed E-state index contributed by atoms with van der Waals surface area (Å²) < 4.78 is 24.1. The zero-order valence-corrected chi connectivity index (χ0v) is 11.9. The van der Waals surface area contributed by atoms with Crippen LogP contribution in [0.2, 0.25) is 0 Å². The largest absolute Gasteiger partial charge is 0.351 e. The number of nitrogens with one attached hydrogen (secondary N) is 2. The number of fused-ring (bicyclic) bond motifs is 1. The SMILES string of the molecule is CS(=O)(=O)NCCNC(=O)c1cccc2ccccc12. The molecule has 2 rings (SSSR count). The van der Waals surface area contributed by atoms with Crippen LogP contribution in [0, 0.1) is 0 Å². The monoisotopic (exact) mass is 292 g/mol. The molecule has 0 aliphatic heterocycles. The van der Waals surface area contributed by atoms with E-state index >= 15 is 0 Å². The molecule has 0 heterocycles. The summed E-state index contributed by atoms with van der Waals surface area (Å²) in [5, 5.41) is 4.57. The third-order valence-corrected chi connectivity index (χ3v) is 3.54. The highest BCUT2D eigenvalue weighted by Gasteiger charge is 2.09. The molecule has 0 aromatic heterocycles. The van der Waals surface area contributed by atoms with Gasteiger partial charge in [-0.05, 0) is 16.8 Å². The van der Waals surface area contributed by atoms with Gasteiger partial charge in [-0.15, -0.1) is 0 Å². The molecule has 0 atom stereocenters. The van der Waals surface area contributed by atoms with Gasteiger partial charge in [0, 0.05) is 18.7 Å². The average Bonchev–Trinajstić information content (AvgIpc) is 2.41. The molecule has 0 aliphatic rings. The number of carbonyl (C=O) groups is 1. The Hall–Kier alpha value is -1.92. The summed E-state index contributed by atoms with van der Waals surface area (Å²) >= 11 is 0. The smallest absolute Gasteiger partial charge is 0.251 e. The molecular weight excluding hydrogens is 276 g/mol. The number of sulfonamides is 1. The van der Waals surface area contributed by atoms with E-state index in [1.54, 1.807) is 6.07 Å². The summed E-state index contributed by atoms with van der Waals surface area (Å²) in [7, 11) is -3.22. The van der Waals surface area contributed by atoms with E-state index in [0.29, 0.717) is 5.56 Å². The lowest BCUT2D eigenvalue weighted by Gasteiger charge is -2.08. The van der Waals surface area contributed by atoms with Crippen LogP contribution in [0.5, 0.6) is 0 Å². The number of hydrogen-bond acceptors (Lipinski definition) is 3. The first-order valence-corrected chi connectivity index (χ1v) is 8.07. The van der Waals surface area contributed by atoms with Crippen LogP contribution in [0.3, 0.4) is 0 Å². The highest BCUT2D eigenvalue weighted by Crippen LogP contribution is 2.18. The van der Waals surface area contributed by atoms with Gasteiger partial charge in [0.25, 0.3) is 5.91 Å². The zero-order chi connectivity index (χ0) is 14.6. The van der Waals surface area contributed by atoms with Crippen LogP contribution >= 0.6 is 0 Å². The van der Waals surface area contributed by atoms with E-state index in [-0.39, 0.29) is 19.0 Å². The maximum absolute atomic E-state index is 12.1. The highest BCUT2D eigenvalue weighted by atomic mass is 32.2. The predicted octanol–water partition coefficient (Wildman–Crippen LogP) is 1.12. The van der Waals surface area contributed by atoms with Crippen LogP contribution in [-0.4, -0.2) is 33.7 Å². The van der Waals surface area contributed by atoms with Crippen LogP contribution in [0.4, 0.5) is 0 Å². The van der Waals surface area contributed by atoms with Gasteiger partial charge in [-0.2, -0.15) is 0 Å². The molecule has 0 aliphatic carbocycles. The fourth-order valence-corrected chi connectivity index (χ4v) is 2.40. The molecule has 20 heavy (non-hydrogen) atoms. The van der Waals surface area contributed by atoms with Crippen LogP contribution in [0.25, 0.3) is 10.8 Å². The molecule has 2 aromatic carbocycles. The minimum absolute atomic E-state index is 0.176. The Kier molecular flexibility index (Phi) is 4.36. The third-order valence-electron chi connectivity index (χ3n) is 2.81. The molecule has 6 heteroatoms. The fraction of sp³-hybridized carbons (Fsp3) is 0.214. The quantitative estimate of drug-likeness (QED) is 0.811. The fourth-order valence-electron chi connectivity index (χ4n) is 1.93. The van der Waals surface area contributed by atoms with Crippen molar-refractivity contribution in [3.8, 4) is 0 Å². The first kappa shape index (κ1) is 14.5. The van der Waals surface area contributed by atoms with Gasteiger partial charge >= 0.3 is 0 Å². The van der Waals surface area contributed by atoms with E-state index in [4.69, 9.17) is 0 Å². The Bertz CT molecular complexity index is 721.